The molecule has 5 nitrogen and oxygen atoms in total. The van der Waals surface area contributed by atoms with Crippen molar-refractivity contribution in [2.75, 3.05) is 18.0 Å². The largest absolute Gasteiger partial charge is 0.361 e. The quantitative estimate of drug-likeness (QED) is 0.744. The van der Waals surface area contributed by atoms with Crippen molar-refractivity contribution in [1.82, 2.24) is 10.3 Å². The van der Waals surface area contributed by atoms with Crippen LogP contribution in [0.4, 0.5) is 5.69 Å². The van der Waals surface area contributed by atoms with Crippen molar-refractivity contribution < 1.29 is 9.59 Å². The molecule has 0 bridgehead atoms. The Morgan fingerprint density at radius 2 is 2.04 bits per heavy atom. The first-order valence-corrected chi connectivity index (χ1v) is 8.90. The highest BCUT2D eigenvalue weighted by atomic mass is 35.5. The number of amides is 2. The standard InChI is InChI=1S/C20H18ClN3O2/c21-15-5-6-17-16(10-15)14(11-22-17)9-19(25)23-12-20(26)24-8-7-13-3-1-2-4-18(13)24/h1-6,10-11,22H,7-9,12H2,(H,23,25). The van der Waals surface area contributed by atoms with Gasteiger partial charge in [0.1, 0.15) is 0 Å². The number of hydrogen-bond acceptors (Lipinski definition) is 2. The van der Waals surface area contributed by atoms with Crippen LogP contribution >= 0.6 is 11.6 Å². The first-order valence-electron chi connectivity index (χ1n) is 8.52. The molecule has 0 unspecified atom stereocenters. The van der Waals surface area contributed by atoms with E-state index in [0.29, 0.717) is 11.6 Å². The summed E-state index contributed by atoms with van der Waals surface area (Å²) >= 11 is 6.04. The zero-order valence-corrected chi connectivity index (χ0v) is 14.8. The zero-order chi connectivity index (χ0) is 18.1. The minimum atomic E-state index is -0.188. The Kier molecular flexibility index (Phi) is 4.39. The van der Waals surface area contributed by atoms with Gasteiger partial charge in [-0.2, -0.15) is 0 Å². The maximum atomic E-state index is 12.5. The normalized spacial score (nSPS) is 13.0. The summed E-state index contributed by atoms with van der Waals surface area (Å²) in [6.07, 6.45) is 2.86. The summed E-state index contributed by atoms with van der Waals surface area (Å²) in [6.45, 7) is 0.658. The zero-order valence-electron chi connectivity index (χ0n) is 14.1. The molecule has 6 heteroatoms. The van der Waals surface area contributed by atoms with Gasteiger partial charge in [-0.25, -0.2) is 0 Å². The Hall–Kier alpha value is -2.79. The number of fused-ring (bicyclic) bond motifs is 2. The predicted molar refractivity (Wildman–Crippen MR) is 103 cm³/mol. The van der Waals surface area contributed by atoms with E-state index in [0.717, 1.165) is 28.6 Å². The van der Waals surface area contributed by atoms with E-state index in [1.165, 1.54) is 5.56 Å². The number of H-pyrrole nitrogens is 1. The molecule has 0 radical (unpaired) electrons. The van der Waals surface area contributed by atoms with Gasteiger partial charge in [-0.15, -0.1) is 0 Å². The topological polar surface area (TPSA) is 65.2 Å². The third kappa shape index (κ3) is 3.18. The minimum Gasteiger partial charge on any atom is -0.361 e. The molecule has 1 aromatic heterocycles. The van der Waals surface area contributed by atoms with E-state index in [-0.39, 0.29) is 24.8 Å². The summed E-state index contributed by atoms with van der Waals surface area (Å²) in [4.78, 5) is 29.6. The molecule has 0 saturated carbocycles. The average Bonchev–Trinajstić information content (AvgIpc) is 3.24. The van der Waals surface area contributed by atoms with Gasteiger partial charge in [0, 0.05) is 34.4 Å². The van der Waals surface area contributed by atoms with Crippen LogP contribution in [0.2, 0.25) is 5.02 Å². The van der Waals surface area contributed by atoms with Crippen molar-refractivity contribution in [3.8, 4) is 0 Å². The Balaban J connectivity index is 1.38. The molecule has 0 spiro atoms. The summed E-state index contributed by atoms with van der Waals surface area (Å²) in [5.74, 6) is -0.281. The van der Waals surface area contributed by atoms with Crippen molar-refractivity contribution in [2.45, 2.75) is 12.8 Å². The summed E-state index contributed by atoms with van der Waals surface area (Å²) in [6, 6.07) is 13.4. The van der Waals surface area contributed by atoms with Crippen molar-refractivity contribution in [3.05, 3.63) is 64.8 Å². The number of benzene rings is 2. The minimum absolute atomic E-state index is 0.00369. The number of halogens is 1. The van der Waals surface area contributed by atoms with Gasteiger partial charge in [-0.3, -0.25) is 9.59 Å². The smallest absolute Gasteiger partial charge is 0.246 e. The maximum absolute atomic E-state index is 12.5. The highest BCUT2D eigenvalue weighted by Gasteiger charge is 2.24. The molecule has 132 valence electrons. The van der Waals surface area contributed by atoms with Gasteiger partial charge in [-0.1, -0.05) is 29.8 Å². The molecule has 26 heavy (non-hydrogen) atoms. The second-order valence-corrected chi connectivity index (χ2v) is 6.82. The van der Waals surface area contributed by atoms with Gasteiger partial charge in [0.05, 0.1) is 13.0 Å². The Labute approximate surface area is 155 Å². The van der Waals surface area contributed by atoms with Crippen molar-refractivity contribution in [3.63, 3.8) is 0 Å². The average molecular weight is 368 g/mol. The van der Waals surface area contributed by atoms with Gasteiger partial charge in [0.25, 0.3) is 0 Å². The van der Waals surface area contributed by atoms with Crippen LogP contribution < -0.4 is 10.2 Å². The van der Waals surface area contributed by atoms with Crippen LogP contribution in [0, 0.1) is 0 Å². The number of aromatic nitrogens is 1. The van der Waals surface area contributed by atoms with Crippen LogP contribution in [-0.4, -0.2) is 29.9 Å². The SMILES string of the molecule is O=C(Cc1c[nH]c2ccc(Cl)cc12)NCC(=O)N1CCc2ccccc21. The fraction of sp³-hybridized carbons (Fsp3) is 0.200. The van der Waals surface area contributed by atoms with Crippen LogP contribution in [0.1, 0.15) is 11.1 Å². The lowest BCUT2D eigenvalue weighted by atomic mass is 10.1. The van der Waals surface area contributed by atoms with E-state index >= 15 is 0 Å². The molecule has 2 heterocycles. The third-order valence-electron chi connectivity index (χ3n) is 4.71. The van der Waals surface area contributed by atoms with E-state index in [1.807, 2.05) is 36.4 Å². The number of anilines is 1. The third-order valence-corrected chi connectivity index (χ3v) is 4.94. The van der Waals surface area contributed by atoms with Crippen LogP contribution in [0.25, 0.3) is 10.9 Å². The van der Waals surface area contributed by atoms with Crippen molar-refractivity contribution >= 4 is 40.0 Å². The Bertz CT molecular complexity index is 996. The number of hydrogen-bond donors (Lipinski definition) is 2. The highest BCUT2D eigenvalue weighted by molar-refractivity contribution is 6.31. The lowest BCUT2D eigenvalue weighted by Crippen LogP contribution is -2.39. The monoisotopic (exact) mass is 367 g/mol. The fourth-order valence-electron chi connectivity index (χ4n) is 3.40. The molecular weight excluding hydrogens is 350 g/mol. The number of nitrogens with zero attached hydrogens (tertiary/aromatic N) is 1. The molecule has 0 fully saturated rings. The van der Waals surface area contributed by atoms with Crippen molar-refractivity contribution in [2.24, 2.45) is 0 Å². The van der Waals surface area contributed by atoms with Crippen LogP contribution in [0.15, 0.2) is 48.7 Å². The lowest BCUT2D eigenvalue weighted by molar-refractivity contribution is -0.124. The van der Waals surface area contributed by atoms with E-state index < -0.39 is 0 Å². The van der Waals surface area contributed by atoms with Gasteiger partial charge >= 0.3 is 0 Å². The van der Waals surface area contributed by atoms with Gasteiger partial charge in [0.2, 0.25) is 11.8 Å². The van der Waals surface area contributed by atoms with E-state index in [1.54, 1.807) is 17.2 Å². The van der Waals surface area contributed by atoms with Crippen LogP contribution in [0.3, 0.4) is 0 Å². The first-order chi connectivity index (χ1) is 12.6. The summed E-state index contributed by atoms with van der Waals surface area (Å²) < 4.78 is 0. The summed E-state index contributed by atoms with van der Waals surface area (Å²) in [7, 11) is 0. The second-order valence-electron chi connectivity index (χ2n) is 6.38. The van der Waals surface area contributed by atoms with Crippen LogP contribution in [0.5, 0.6) is 0 Å². The number of carbonyl (C=O) groups excluding carboxylic acids is 2. The number of aromatic amines is 1. The van der Waals surface area contributed by atoms with Gasteiger partial charge < -0.3 is 15.2 Å². The maximum Gasteiger partial charge on any atom is 0.246 e. The summed E-state index contributed by atoms with van der Waals surface area (Å²) in [5, 5.41) is 4.28. The molecular formula is C20H18ClN3O2. The Morgan fingerprint density at radius 3 is 2.92 bits per heavy atom. The summed E-state index contributed by atoms with van der Waals surface area (Å²) in [5.41, 5.74) is 3.90. The molecule has 1 aliphatic heterocycles. The number of para-hydroxylation sites is 1. The predicted octanol–water partition coefficient (Wildman–Crippen LogP) is 3.07. The highest BCUT2D eigenvalue weighted by Crippen LogP contribution is 2.27. The Morgan fingerprint density at radius 1 is 1.19 bits per heavy atom. The van der Waals surface area contributed by atoms with E-state index in [4.69, 9.17) is 11.6 Å². The molecule has 0 saturated heterocycles. The number of rotatable bonds is 4. The second kappa shape index (κ2) is 6.84. The number of nitrogens with one attached hydrogen (secondary N) is 2. The molecule has 2 N–H and O–H groups in total. The van der Waals surface area contributed by atoms with Gasteiger partial charge in [-0.05, 0) is 41.8 Å². The van der Waals surface area contributed by atoms with Gasteiger partial charge in [0.15, 0.2) is 0 Å². The first kappa shape index (κ1) is 16.7. The molecule has 0 aliphatic carbocycles. The lowest BCUT2D eigenvalue weighted by Gasteiger charge is -2.17. The molecule has 2 amide bonds. The van der Waals surface area contributed by atoms with E-state index in [9.17, 15) is 9.59 Å². The van der Waals surface area contributed by atoms with E-state index in [2.05, 4.69) is 10.3 Å². The molecule has 0 atom stereocenters. The molecule has 2 aromatic carbocycles. The molecule has 4 rings (SSSR count). The van der Waals surface area contributed by atoms with Crippen LogP contribution in [-0.2, 0) is 22.4 Å². The fourth-order valence-corrected chi connectivity index (χ4v) is 3.57. The molecule has 1 aliphatic rings. The molecule has 3 aromatic rings. The van der Waals surface area contributed by atoms with Crippen molar-refractivity contribution in [1.29, 1.82) is 0 Å². The number of carbonyl (C=O) groups is 2.